The van der Waals surface area contributed by atoms with Gasteiger partial charge in [-0.15, -0.1) is 11.3 Å². The Morgan fingerprint density at radius 2 is 1.95 bits per heavy atom. The summed E-state index contributed by atoms with van der Waals surface area (Å²) in [6, 6.07) is 9.19. The van der Waals surface area contributed by atoms with Gasteiger partial charge in [0.2, 0.25) is 0 Å². The Morgan fingerprint density at radius 1 is 1.30 bits per heavy atom. The van der Waals surface area contributed by atoms with Gasteiger partial charge in [-0.2, -0.15) is 0 Å². The van der Waals surface area contributed by atoms with E-state index >= 15 is 0 Å². The van der Waals surface area contributed by atoms with Crippen LogP contribution in [0.5, 0.6) is 0 Å². The average Bonchev–Trinajstić information content (AvgIpc) is 2.78. The fourth-order valence-corrected chi connectivity index (χ4v) is 3.08. The van der Waals surface area contributed by atoms with Crippen LogP contribution < -0.4 is 11.5 Å². The van der Waals surface area contributed by atoms with E-state index in [2.05, 4.69) is 0 Å². The molecule has 2 heterocycles. The lowest BCUT2D eigenvalue weighted by atomic mass is 9.91. The fourth-order valence-electron chi connectivity index (χ4n) is 2.15. The zero-order valence-corrected chi connectivity index (χ0v) is 11.4. The second-order valence-corrected chi connectivity index (χ2v) is 5.94. The van der Waals surface area contributed by atoms with Gasteiger partial charge < -0.3 is 21.3 Å². The first-order valence-corrected chi connectivity index (χ1v) is 6.91. The summed E-state index contributed by atoms with van der Waals surface area (Å²) in [7, 11) is 0. The first kappa shape index (κ1) is 13.1. The second-order valence-electron chi connectivity index (χ2n) is 4.85. The molecule has 1 aromatic heterocycles. The minimum Gasteiger partial charge on any atom is -0.390 e. The number of ether oxygens (including phenoxy) is 1. The van der Waals surface area contributed by atoms with E-state index in [1.807, 2.05) is 24.3 Å². The standard InChI is InChI=1S/C14H14N2O3S/c15-12(17)10-5-11(20-13(10)16)8-1-3-9(4-2-8)14(18)6-19-7-14/h1-5,18H,6-7,16H2,(H2,15,17). The average molecular weight is 290 g/mol. The quantitative estimate of drug-likeness (QED) is 0.793. The first-order valence-electron chi connectivity index (χ1n) is 6.10. The molecule has 0 spiro atoms. The third kappa shape index (κ3) is 2.07. The minimum atomic E-state index is -0.870. The van der Waals surface area contributed by atoms with Gasteiger partial charge in [0.15, 0.2) is 0 Å². The number of anilines is 1. The summed E-state index contributed by atoms with van der Waals surface area (Å²) < 4.78 is 5.04. The molecular formula is C14H14N2O3S. The fraction of sp³-hybridized carbons (Fsp3) is 0.214. The molecule has 2 aromatic rings. The molecule has 1 aromatic carbocycles. The molecule has 3 rings (SSSR count). The van der Waals surface area contributed by atoms with Gasteiger partial charge in [0, 0.05) is 4.88 Å². The van der Waals surface area contributed by atoms with Crippen molar-refractivity contribution < 1.29 is 14.6 Å². The topological polar surface area (TPSA) is 98.6 Å². The number of hydrogen-bond donors (Lipinski definition) is 3. The van der Waals surface area contributed by atoms with E-state index in [0.29, 0.717) is 23.8 Å². The van der Waals surface area contributed by atoms with Crippen molar-refractivity contribution >= 4 is 22.2 Å². The van der Waals surface area contributed by atoms with Crippen LogP contribution in [0.15, 0.2) is 30.3 Å². The molecule has 0 aliphatic carbocycles. The Kier molecular flexibility index (Phi) is 3.01. The number of carbonyl (C=O) groups is 1. The third-order valence-corrected chi connectivity index (χ3v) is 4.43. The number of aliphatic hydroxyl groups is 1. The molecule has 0 unspecified atom stereocenters. The Balaban J connectivity index is 1.91. The molecule has 1 aliphatic heterocycles. The number of nitrogen functional groups attached to an aromatic ring is 1. The molecule has 0 bridgehead atoms. The van der Waals surface area contributed by atoms with Crippen LogP contribution in [0.3, 0.4) is 0 Å². The lowest BCUT2D eigenvalue weighted by Crippen LogP contribution is -2.46. The Labute approximate surface area is 119 Å². The monoisotopic (exact) mass is 290 g/mol. The molecule has 1 saturated heterocycles. The maximum atomic E-state index is 11.2. The number of nitrogens with two attached hydrogens (primary N) is 2. The number of thiophene rings is 1. The van der Waals surface area contributed by atoms with Crippen molar-refractivity contribution in [2.24, 2.45) is 5.73 Å². The van der Waals surface area contributed by atoms with Crippen LogP contribution in [0.25, 0.3) is 10.4 Å². The zero-order valence-electron chi connectivity index (χ0n) is 10.6. The van der Waals surface area contributed by atoms with Gasteiger partial charge in [-0.3, -0.25) is 4.79 Å². The predicted molar refractivity (Wildman–Crippen MR) is 77.4 cm³/mol. The molecule has 1 fully saturated rings. The molecule has 0 atom stereocenters. The minimum absolute atomic E-state index is 0.324. The number of benzene rings is 1. The van der Waals surface area contributed by atoms with Gasteiger partial charge in [-0.25, -0.2) is 0 Å². The van der Waals surface area contributed by atoms with Crippen molar-refractivity contribution in [3.63, 3.8) is 0 Å². The van der Waals surface area contributed by atoms with E-state index in [9.17, 15) is 9.90 Å². The van der Waals surface area contributed by atoms with E-state index in [0.717, 1.165) is 16.0 Å². The SMILES string of the molecule is NC(=O)c1cc(-c2ccc(C3(O)COC3)cc2)sc1N. The molecule has 0 radical (unpaired) electrons. The zero-order chi connectivity index (χ0) is 14.3. The maximum absolute atomic E-state index is 11.2. The summed E-state index contributed by atoms with van der Waals surface area (Å²) in [6.07, 6.45) is 0. The number of hydrogen-bond acceptors (Lipinski definition) is 5. The smallest absolute Gasteiger partial charge is 0.251 e. The van der Waals surface area contributed by atoms with Crippen molar-refractivity contribution in [1.29, 1.82) is 0 Å². The van der Waals surface area contributed by atoms with Gasteiger partial charge in [0.1, 0.15) is 5.60 Å². The predicted octanol–water partition coefficient (Wildman–Crippen LogP) is 1.31. The largest absolute Gasteiger partial charge is 0.390 e. The van der Waals surface area contributed by atoms with Gasteiger partial charge in [-0.05, 0) is 17.2 Å². The van der Waals surface area contributed by atoms with E-state index < -0.39 is 11.5 Å². The second kappa shape index (κ2) is 4.59. The van der Waals surface area contributed by atoms with E-state index in [4.69, 9.17) is 16.2 Å². The van der Waals surface area contributed by atoms with Crippen LogP contribution in [0.2, 0.25) is 0 Å². The van der Waals surface area contributed by atoms with Gasteiger partial charge in [-0.1, -0.05) is 24.3 Å². The highest BCUT2D eigenvalue weighted by molar-refractivity contribution is 7.19. The van der Waals surface area contributed by atoms with Gasteiger partial charge in [0.05, 0.1) is 23.8 Å². The highest BCUT2D eigenvalue weighted by Gasteiger charge is 2.37. The number of carbonyl (C=O) groups excluding carboxylic acids is 1. The molecule has 20 heavy (non-hydrogen) atoms. The highest BCUT2D eigenvalue weighted by atomic mass is 32.1. The van der Waals surface area contributed by atoms with Crippen molar-refractivity contribution in [2.45, 2.75) is 5.60 Å². The summed E-state index contributed by atoms with van der Waals surface area (Å²) in [4.78, 5) is 12.1. The molecule has 104 valence electrons. The number of primary amides is 1. The van der Waals surface area contributed by atoms with Crippen LogP contribution in [0.4, 0.5) is 5.00 Å². The summed E-state index contributed by atoms with van der Waals surface area (Å²) >= 11 is 1.32. The molecule has 6 heteroatoms. The number of amides is 1. The third-order valence-electron chi connectivity index (χ3n) is 3.41. The highest BCUT2D eigenvalue weighted by Crippen LogP contribution is 2.35. The summed E-state index contributed by atoms with van der Waals surface area (Å²) in [5.74, 6) is -0.525. The number of rotatable bonds is 3. The Hall–Kier alpha value is -1.89. The summed E-state index contributed by atoms with van der Waals surface area (Å²) in [5, 5.41) is 10.6. The van der Waals surface area contributed by atoms with Crippen molar-refractivity contribution in [3.05, 3.63) is 41.5 Å². The lowest BCUT2D eigenvalue weighted by Gasteiger charge is -2.36. The van der Waals surface area contributed by atoms with Crippen molar-refractivity contribution in [1.82, 2.24) is 0 Å². The molecule has 1 amide bonds. The first-order chi connectivity index (χ1) is 9.49. The van der Waals surface area contributed by atoms with Crippen LogP contribution >= 0.6 is 11.3 Å². The lowest BCUT2D eigenvalue weighted by molar-refractivity contribution is -0.184. The summed E-state index contributed by atoms with van der Waals surface area (Å²) in [5.41, 5.74) is 12.3. The van der Waals surface area contributed by atoms with Gasteiger partial charge in [0.25, 0.3) is 5.91 Å². The molecular weight excluding hydrogens is 276 g/mol. The van der Waals surface area contributed by atoms with Gasteiger partial charge >= 0.3 is 0 Å². The van der Waals surface area contributed by atoms with Crippen LogP contribution in [-0.2, 0) is 10.3 Å². The molecule has 0 saturated carbocycles. The molecule has 1 aliphatic rings. The maximum Gasteiger partial charge on any atom is 0.251 e. The van der Waals surface area contributed by atoms with E-state index in [1.165, 1.54) is 11.3 Å². The molecule has 5 N–H and O–H groups in total. The Morgan fingerprint density at radius 3 is 2.40 bits per heavy atom. The van der Waals surface area contributed by atoms with E-state index in [-0.39, 0.29) is 0 Å². The van der Waals surface area contributed by atoms with E-state index in [1.54, 1.807) is 6.07 Å². The Bertz CT molecular complexity index is 660. The molecule has 5 nitrogen and oxygen atoms in total. The normalized spacial score (nSPS) is 16.6. The summed E-state index contributed by atoms with van der Waals surface area (Å²) in [6.45, 7) is 0.647. The van der Waals surface area contributed by atoms with Crippen molar-refractivity contribution in [3.8, 4) is 10.4 Å². The van der Waals surface area contributed by atoms with Crippen LogP contribution in [-0.4, -0.2) is 24.2 Å². The van der Waals surface area contributed by atoms with Crippen LogP contribution in [0, 0.1) is 0 Å². The van der Waals surface area contributed by atoms with Crippen molar-refractivity contribution in [2.75, 3.05) is 18.9 Å². The van der Waals surface area contributed by atoms with Crippen LogP contribution in [0.1, 0.15) is 15.9 Å².